The largest absolute Gasteiger partial charge is 0.507 e. The average molecular weight is 247 g/mol. The molecule has 0 amide bonds. The first-order chi connectivity index (χ1) is 8.70. The van der Waals surface area contributed by atoms with Crippen LogP contribution in [0.25, 0.3) is 0 Å². The number of hydrogen-bond acceptors (Lipinski definition) is 2. The number of nitrogens with zero attached hydrogens (tertiary/aromatic N) is 1. The van der Waals surface area contributed by atoms with Crippen molar-refractivity contribution < 1.29 is 5.11 Å². The average Bonchev–Trinajstić information content (AvgIpc) is 2.37. The molecule has 1 aromatic rings. The summed E-state index contributed by atoms with van der Waals surface area (Å²) in [6.07, 6.45) is 4.62. The van der Waals surface area contributed by atoms with Crippen molar-refractivity contribution in [2.45, 2.75) is 46.1 Å². The summed E-state index contributed by atoms with van der Waals surface area (Å²) in [6, 6.07) is 6.18. The maximum atomic E-state index is 10.3. The third-order valence-electron chi connectivity index (χ3n) is 3.99. The molecule has 0 spiro atoms. The van der Waals surface area contributed by atoms with E-state index >= 15 is 0 Å². The summed E-state index contributed by atoms with van der Waals surface area (Å²) in [6.45, 7) is 7.71. The molecular formula is C16H25NO. The minimum Gasteiger partial charge on any atom is -0.507 e. The molecule has 0 atom stereocenters. The van der Waals surface area contributed by atoms with Crippen LogP contribution in [0.5, 0.6) is 5.75 Å². The van der Waals surface area contributed by atoms with Gasteiger partial charge in [0.25, 0.3) is 0 Å². The van der Waals surface area contributed by atoms with Crippen molar-refractivity contribution in [1.29, 1.82) is 0 Å². The van der Waals surface area contributed by atoms with Gasteiger partial charge in [-0.05, 0) is 43.8 Å². The number of likely N-dealkylation sites (tertiary alicyclic amines) is 1. The second-order valence-corrected chi connectivity index (χ2v) is 5.63. The molecule has 2 heteroatoms. The quantitative estimate of drug-likeness (QED) is 0.879. The van der Waals surface area contributed by atoms with Gasteiger partial charge in [-0.15, -0.1) is 0 Å². The lowest BCUT2D eigenvalue weighted by Gasteiger charge is -2.30. The number of hydrogen-bond donors (Lipinski definition) is 1. The number of piperidine rings is 1. The van der Waals surface area contributed by atoms with E-state index in [2.05, 4.69) is 30.9 Å². The lowest BCUT2D eigenvalue weighted by atomic mass is 9.98. The molecule has 100 valence electrons. The van der Waals surface area contributed by atoms with Crippen LogP contribution < -0.4 is 0 Å². The Bertz CT molecular complexity index is 381. The van der Waals surface area contributed by atoms with E-state index in [-0.39, 0.29) is 0 Å². The molecule has 0 unspecified atom stereocenters. The van der Waals surface area contributed by atoms with E-state index in [1.54, 1.807) is 0 Å². The lowest BCUT2D eigenvalue weighted by Crippen LogP contribution is -2.32. The van der Waals surface area contributed by atoms with Gasteiger partial charge in [0, 0.05) is 12.1 Å². The smallest absolute Gasteiger partial charge is 0.123 e. The maximum absolute atomic E-state index is 10.3. The molecule has 0 saturated carbocycles. The molecule has 2 nitrogen and oxygen atoms in total. The molecule has 0 aliphatic carbocycles. The number of phenols is 1. The van der Waals surface area contributed by atoms with Crippen LogP contribution in [-0.4, -0.2) is 23.1 Å². The van der Waals surface area contributed by atoms with Gasteiger partial charge in [-0.25, -0.2) is 0 Å². The summed E-state index contributed by atoms with van der Waals surface area (Å²) < 4.78 is 0. The Hall–Kier alpha value is -1.02. The molecule has 0 bridgehead atoms. The predicted molar refractivity (Wildman–Crippen MR) is 75.8 cm³/mol. The highest BCUT2D eigenvalue weighted by molar-refractivity contribution is 5.40. The minimum absolute atomic E-state index is 0.526. The highest BCUT2D eigenvalue weighted by Crippen LogP contribution is 2.26. The van der Waals surface area contributed by atoms with Crippen molar-refractivity contribution in [3.05, 3.63) is 29.3 Å². The van der Waals surface area contributed by atoms with Gasteiger partial charge in [-0.1, -0.05) is 38.5 Å². The third kappa shape index (κ3) is 3.26. The van der Waals surface area contributed by atoms with Gasteiger partial charge in [0.15, 0.2) is 0 Å². The van der Waals surface area contributed by atoms with E-state index in [9.17, 15) is 5.11 Å². The molecule has 1 saturated heterocycles. The number of aromatic hydroxyl groups is 1. The molecule has 2 rings (SSSR count). The van der Waals surface area contributed by atoms with Gasteiger partial charge >= 0.3 is 0 Å². The number of aryl methyl sites for hydroxylation is 1. The zero-order chi connectivity index (χ0) is 13.0. The molecule has 0 aromatic heterocycles. The van der Waals surface area contributed by atoms with Crippen LogP contribution in [0.3, 0.4) is 0 Å². The van der Waals surface area contributed by atoms with Gasteiger partial charge in [0.2, 0.25) is 0 Å². The molecule has 1 N–H and O–H groups in total. The fourth-order valence-electron chi connectivity index (χ4n) is 2.70. The Morgan fingerprint density at radius 2 is 1.89 bits per heavy atom. The lowest BCUT2D eigenvalue weighted by molar-refractivity contribution is 0.183. The Balaban J connectivity index is 2.02. The van der Waals surface area contributed by atoms with E-state index in [1.807, 2.05) is 6.07 Å². The molecule has 1 aromatic carbocycles. The summed E-state index contributed by atoms with van der Waals surface area (Å²) in [5.74, 6) is 1.39. The minimum atomic E-state index is 0.526. The molecule has 1 heterocycles. The van der Waals surface area contributed by atoms with Gasteiger partial charge in [-0.2, -0.15) is 0 Å². The van der Waals surface area contributed by atoms with Crippen LogP contribution in [0.4, 0.5) is 0 Å². The van der Waals surface area contributed by atoms with E-state index in [1.165, 1.54) is 25.9 Å². The fraction of sp³-hybridized carbons (Fsp3) is 0.625. The molecule has 1 fully saturated rings. The number of benzene rings is 1. The number of rotatable bonds is 4. The Morgan fingerprint density at radius 1 is 1.22 bits per heavy atom. The van der Waals surface area contributed by atoms with E-state index in [0.717, 1.165) is 36.4 Å². The molecular weight excluding hydrogens is 222 g/mol. The Labute approximate surface area is 111 Å². The zero-order valence-corrected chi connectivity index (χ0v) is 11.7. The topological polar surface area (TPSA) is 23.5 Å². The van der Waals surface area contributed by atoms with Gasteiger partial charge < -0.3 is 5.11 Å². The first-order valence-corrected chi connectivity index (χ1v) is 7.22. The van der Waals surface area contributed by atoms with Crippen molar-refractivity contribution in [3.8, 4) is 5.75 Å². The predicted octanol–water partition coefficient (Wildman–Crippen LogP) is 3.58. The second kappa shape index (κ2) is 6.24. The van der Waals surface area contributed by atoms with Crippen LogP contribution in [-0.2, 0) is 13.0 Å². The van der Waals surface area contributed by atoms with E-state index < -0.39 is 0 Å². The standard InChI is InChI=1S/C16H25NO/c1-3-5-14-6-4-7-15(16(14)18)12-17-10-8-13(2)9-11-17/h4,6-7,13,18H,3,5,8-12H2,1-2H3. The normalized spacial score (nSPS) is 18.1. The van der Waals surface area contributed by atoms with E-state index in [4.69, 9.17) is 0 Å². The van der Waals surface area contributed by atoms with Gasteiger partial charge in [0.1, 0.15) is 5.75 Å². The molecule has 18 heavy (non-hydrogen) atoms. The van der Waals surface area contributed by atoms with Crippen molar-refractivity contribution in [3.63, 3.8) is 0 Å². The van der Waals surface area contributed by atoms with Crippen LogP contribution in [0, 0.1) is 5.92 Å². The summed E-state index contributed by atoms with van der Waals surface area (Å²) in [5.41, 5.74) is 2.19. The first kappa shape index (κ1) is 13.4. The number of phenolic OH excluding ortho intramolecular Hbond substituents is 1. The van der Waals surface area contributed by atoms with Crippen LogP contribution in [0.2, 0.25) is 0 Å². The summed E-state index contributed by atoms with van der Waals surface area (Å²) in [5, 5.41) is 10.3. The first-order valence-electron chi connectivity index (χ1n) is 7.22. The van der Waals surface area contributed by atoms with Crippen molar-refractivity contribution in [2.24, 2.45) is 5.92 Å². The van der Waals surface area contributed by atoms with Gasteiger partial charge in [-0.3, -0.25) is 4.90 Å². The summed E-state index contributed by atoms with van der Waals surface area (Å²) in [4.78, 5) is 2.46. The molecule has 1 aliphatic heterocycles. The molecule has 0 radical (unpaired) electrons. The summed E-state index contributed by atoms with van der Waals surface area (Å²) >= 11 is 0. The Kier molecular flexibility index (Phi) is 4.65. The highest BCUT2D eigenvalue weighted by Gasteiger charge is 2.17. The summed E-state index contributed by atoms with van der Waals surface area (Å²) in [7, 11) is 0. The molecule has 1 aliphatic rings. The second-order valence-electron chi connectivity index (χ2n) is 5.63. The van der Waals surface area contributed by atoms with Crippen molar-refractivity contribution >= 4 is 0 Å². The fourth-order valence-corrected chi connectivity index (χ4v) is 2.70. The number of para-hydroxylation sites is 1. The van der Waals surface area contributed by atoms with Crippen molar-refractivity contribution in [2.75, 3.05) is 13.1 Å². The van der Waals surface area contributed by atoms with Crippen molar-refractivity contribution in [1.82, 2.24) is 4.90 Å². The van der Waals surface area contributed by atoms with Crippen LogP contribution >= 0.6 is 0 Å². The SMILES string of the molecule is CCCc1cccc(CN2CCC(C)CC2)c1O. The van der Waals surface area contributed by atoms with Crippen LogP contribution in [0.1, 0.15) is 44.2 Å². The maximum Gasteiger partial charge on any atom is 0.123 e. The van der Waals surface area contributed by atoms with E-state index in [0.29, 0.717) is 5.75 Å². The highest BCUT2D eigenvalue weighted by atomic mass is 16.3. The van der Waals surface area contributed by atoms with Crippen LogP contribution in [0.15, 0.2) is 18.2 Å². The zero-order valence-electron chi connectivity index (χ0n) is 11.7. The Morgan fingerprint density at radius 3 is 2.56 bits per heavy atom. The monoisotopic (exact) mass is 247 g/mol. The third-order valence-corrected chi connectivity index (χ3v) is 3.99. The van der Waals surface area contributed by atoms with Gasteiger partial charge in [0.05, 0.1) is 0 Å².